The van der Waals surface area contributed by atoms with Crippen LogP contribution < -0.4 is 14.8 Å². The summed E-state index contributed by atoms with van der Waals surface area (Å²) in [4.78, 5) is 12.4. The van der Waals surface area contributed by atoms with E-state index in [1.54, 1.807) is 42.0 Å². The highest BCUT2D eigenvalue weighted by molar-refractivity contribution is 7.00. The van der Waals surface area contributed by atoms with E-state index in [1.165, 1.54) is 0 Å². The van der Waals surface area contributed by atoms with Crippen molar-refractivity contribution in [2.45, 2.75) is 0 Å². The summed E-state index contributed by atoms with van der Waals surface area (Å²) in [7, 11) is 1.62. The van der Waals surface area contributed by atoms with E-state index in [-0.39, 0.29) is 12.5 Å². The molecule has 11 heteroatoms. The van der Waals surface area contributed by atoms with Gasteiger partial charge in [0.2, 0.25) is 5.88 Å². The molecule has 0 aliphatic carbocycles. The van der Waals surface area contributed by atoms with Gasteiger partial charge in [0.1, 0.15) is 23.4 Å². The van der Waals surface area contributed by atoms with Crippen molar-refractivity contribution in [3.05, 3.63) is 60.2 Å². The van der Waals surface area contributed by atoms with Gasteiger partial charge in [-0.3, -0.25) is 4.79 Å². The Morgan fingerprint density at radius 2 is 1.88 bits per heavy atom. The average Bonchev–Trinajstić information content (AvgIpc) is 3.48. The topological polar surface area (TPSA) is 116 Å². The Kier molecular flexibility index (Phi) is 5.30. The second-order valence-electron chi connectivity index (χ2n) is 6.77. The number of aromatic nitrogens is 6. The number of carbonyl (C=O) groups excluding carboxylic acids is 1. The van der Waals surface area contributed by atoms with Gasteiger partial charge in [-0.2, -0.15) is 13.3 Å². The monoisotopic (exact) mass is 447 g/mol. The number of benzene rings is 2. The number of hydrogen-bond donors (Lipinski definition) is 1. The van der Waals surface area contributed by atoms with Crippen molar-refractivity contribution in [2.75, 3.05) is 20.3 Å². The Hall–Kier alpha value is -4.12. The number of ether oxygens (including phenoxy) is 2. The van der Waals surface area contributed by atoms with Gasteiger partial charge in [0.15, 0.2) is 11.5 Å². The molecular formula is C21H17N7O3S. The molecule has 10 nitrogen and oxygen atoms in total. The first kappa shape index (κ1) is 19.8. The van der Waals surface area contributed by atoms with Gasteiger partial charge >= 0.3 is 0 Å². The molecule has 32 heavy (non-hydrogen) atoms. The van der Waals surface area contributed by atoms with Crippen LogP contribution in [0.15, 0.2) is 54.6 Å². The number of methoxy groups -OCH3 is 1. The normalized spacial score (nSPS) is 11.0. The molecule has 5 aromatic rings. The van der Waals surface area contributed by atoms with Gasteiger partial charge in [0.25, 0.3) is 5.91 Å². The van der Waals surface area contributed by atoms with Crippen LogP contribution in [0.25, 0.3) is 28.1 Å². The molecule has 3 heterocycles. The molecule has 0 spiro atoms. The van der Waals surface area contributed by atoms with E-state index in [0.29, 0.717) is 35.0 Å². The number of fused-ring (bicyclic) bond motifs is 2. The lowest BCUT2D eigenvalue weighted by Gasteiger charge is -2.08. The standard InChI is InChI=1S/C21H17N7O3S/c1-30-15-5-2-13(3-6-15)20-24-23-18-8-9-19(25-28(18)20)31-11-10-22-21(29)14-4-7-16-17(12-14)27-32-26-16/h2-9,12H,10-11H2,1H3,(H,22,29). The summed E-state index contributed by atoms with van der Waals surface area (Å²) in [6, 6.07) is 16.2. The zero-order valence-corrected chi connectivity index (χ0v) is 17.7. The van der Waals surface area contributed by atoms with E-state index in [1.807, 2.05) is 24.3 Å². The lowest BCUT2D eigenvalue weighted by molar-refractivity contribution is 0.0946. The maximum Gasteiger partial charge on any atom is 0.251 e. The molecule has 5 rings (SSSR count). The van der Waals surface area contributed by atoms with Crippen LogP contribution in [0.4, 0.5) is 0 Å². The predicted molar refractivity (Wildman–Crippen MR) is 118 cm³/mol. The van der Waals surface area contributed by atoms with E-state index >= 15 is 0 Å². The third-order valence-corrected chi connectivity index (χ3v) is 5.30. The zero-order chi connectivity index (χ0) is 21.9. The molecular weight excluding hydrogens is 430 g/mol. The van der Waals surface area contributed by atoms with E-state index in [4.69, 9.17) is 9.47 Å². The summed E-state index contributed by atoms with van der Waals surface area (Å²) in [6.45, 7) is 0.574. The Balaban J connectivity index is 1.22. The molecule has 0 aliphatic rings. The van der Waals surface area contributed by atoms with Gasteiger partial charge in [-0.1, -0.05) is 0 Å². The van der Waals surface area contributed by atoms with Gasteiger partial charge in [-0.15, -0.1) is 15.3 Å². The lowest BCUT2D eigenvalue weighted by Crippen LogP contribution is -2.28. The highest BCUT2D eigenvalue weighted by atomic mass is 32.1. The molecule has 0 atom stereocenters. The van der Waals surface area contributed by atoms with Crippen LogP contribution in [0.1, 0.15) is 10.4 Å². The molecule has 0 saturated carbocycles. The van der Waals surface area contributed by atoms with Crippen molar-refractivity contribution in [3.63, 3.8) is 0 Å². The minimum Gasteiger partial charge on any atom is -0.497 e. The van der Waals surface area contributed by atoms with Crippen molar-refractivity contribution in [1.29, 1.82) is 0 Å². The van der Waals surface area contributed by atoms with Crippen LogP contribution in [0.2, 0.25) is 0 Å². The number of nitrogens with one attached hydrogen (secondary N) is 1. The van der Waals surface area contributed by atoms with Crippen molar-refractivity contribution in [2.24, 2.45) is 0 Å². The fourth-order valence-corrected chi connectivity index (χ4v) is 3.63. The average molecular weight is 447 g/mol. The van der Waals surface area contributed by atoms with Crippen LogP contribution in [0.5, 0.6) is 11.6 Å². The second kappa shape index (κ2) is 8.55. The fourth-order valence-electron chi connectivity index (χ4n) is 3.11. The molecule has 0 radical (unpaired) electrons. The van der Waals surface area contributed by atoms with Crippen molar-refractivity contribution in [1.82, 2.24) is 33.9 Å². The largest absolute Gasteiger partial charge is 0.497 e. The molecule has 0 unspecified atom stereocenters. The first-order valence-electron chi connectivity index (χ1n) is 9.71. The van der Waals surface area contributed by atoms with E-state index in [2.05, 4.69) is 29.4 Å². The molecule has 1 amide bonds. The van der Waals surface area contributed by atoms with Gasteiger partial charge in [0, 0.05) is 17.2 Å². The van der Waals surface area contributed by atoms with Gasteiger partial charge < -0.3 is 14.8 Å². The minimum atomic E-state index is -0.201. The Morgan fingerprint density at radius 1 is 1.03 bits per heavy atom. The zero-order valence-electron chi connectivity index (χ0n) is 16.9. The van der Waals surface area contributed by atoms with Crippen LogP contribution in [-0.2, 0) is 0 Å². The summed E-state index contributed by atoms with van der Waals surface area (Å²) in [5.74, 6) is 1.54. The molecule has 1 N–H and O–H groups in total. The summed E-state index contributed by atoms with van der Waals surface area (Å²) in [5.41, 5.74) is 3.46. The first-order valence-corrected chi connectivity index (χ1v) is 10.4. The van der Waals surface area contributed by atoms with E-state index in [9.17, 15) is 4.79 Å². The number of nitrogens with zero attached hydrogens (tertiary/aromatic N) is 6. The van der Waals surface area contributed by atoms with E-state index in [0.717, 1.165) is 28.6 Å². The molecule has 160 valence electrons. The smallest absolute Gasteiger partial charge is 0.251 e. The molecule has 0 fully saturated rings. The number of carbonyl (C=O) groups is 1. The second-order valence-corrected chi connectivity index (χ2v) is 7.29. The van der Waals surface area contributed by atoms with Crippen molar-refractivity contribution >= 4 is 34.3 Å². The fraction of sp³-hybridized carbons (Fsp3) is 0.143. The lowest BCUT2D eigenvalue weighted by atomic mass is 10.2. The first-order chi connectivity index (χ1) is 15.7. The van der Waals surface area contributed by atoms with E-state index < -0.39 is 0 Å². The third-order valence-electron chi connectivity index (χ3n) is 4.74. The molecule has 0 bridgehead atoms. The number of hydrogen-bond acceptors (Lipinski definition) is 9. The highest BCUT2D eigenvalue weighted by Crippen LogP contribution is 2.22. The predicted octanol–water partition coefficient (Wildman–Crippen LogP) is 2.61. The SMILES string of the molecule is COc1ccc(-c2nnc3ccc(OCCNC(=O)c4ccc5nsnc5c4)nn23)cc1. The number of amides is 1. The maximum absolute atomic E-state index is 12.4. The maximum atomic E-state index is 12.4. The van der Waals surface area contributed by atoms with Gasteiger partial charge in [0.05, 0.1) is 25.4 Å². The summed E-state index contributed by atoms with van der Waals surface area (Å²) >= 11 is 1.12. The minimum absolute atomic E-state index is 0.201. The Bertz CT molecular complexity index is 1400. The molecule has 3 aromatic heterocycles. The quantitative estimate of drug-likeness (QED) is 0.379. The highest BCUT2D eigenvalue weighted by Gasteiger charge is 2.11. The third kappa shape index (κ3) is 3.93. The van der Waals surface area contributed by atoms with Crippen molar-refractivity contribution < 1.29 is 14.3 Å². The Morgan fingerprint density at radius 3 is 2.72 bits per heavy atom. The number of rotatable bonds is 7. The molecule has 0 aliphatic heterocycles. The van der Waals surface area contributed by atoms with Gasteiger partial charge in [-0.25, -0.2) is 0 Å². The summed E-state index contributed by atoms with van der Waals surface area (Å²) in [6.07, 6.45) is 0. The van der Waals surface area contributed by atoms with Gasteiger partial charge in [-0.05, 0) is 48.5 Å². The molecule has 2 aromatic carbocycles. The van der Waals surface area contributed by atoms with Crippen LogP contribution in [0.3, 0.4) is 0 Å². The van der Waals surface area contributed by atoms with Crippen LogP contribution in [0, 0.1) is 0 Å². The molecule has 0 saturated heterocycles. The van der Waals surface area contributed by atoms with Crippen molar-refractivity contribution in [3.8, 4) is 23.0 Å². The summed E-state index contributed by atoms with van der Waals surface area (Å²) < 4.78 is 20.8. The Labute approximate surface area is 186 Å². The summed E-state index contributed by atoms with van der Waals surface area (Å²) in [5, 5.41) is 15.7. The van der Waals surface area contributed by atoms with Crippen LogP contribution >= 0.6 is 11.7 Å². The van der Waals surface area contributed by atoms with Crippen LogP contribution in [-0.4, -0.2) is 54.7 Å².